The van der Waals surface area contributed by atoms with Crippen LogP contribution in [0.4, 0.5) is 5.82 Å². The van der Waals surface area contributed by atoms with E-state index in [9.17, 15) is 0 Å². The largest absolute Gasteiger partial charge is 0.369 e. The van der Waals surface area contributed by atoms with Crippen molar-refractivity contribution in [1.82, 2.24) is 9.97 Å². The van der Waals surface area contributed by atoms with Gasteiger partial charge < -0.3 is 5.32 Å². The zero-order chi connectivity index (χ0) is 14.5. The predicted molar refractivity (Wildman–Crippen MR) is 95.6 cm³/mol. The van der Waals surface area contributed by atoms with Gasteiger partial charge in [0.2, 0.25) is 0 Å². The molecule has 0 atom stereocenters. The summed E-state index contributed by atoms with van der Waals surface area (Å²) in [6.45, 7) is 7.41. The maximum absolute atomic E-state index is 4.77. The van der Waals surface area contributed by atoms with Gasteiger partial charge in [0.05, 0.1) is 14.1 Å². The zero-order valence-electron chi connectivity index (χ0n) is 12.2. The third kappa shape index (κ3) is 3.69. The fourth-order valence-corrected chi connectivity index (χ4v) is 3.42. The normalized spacial score (nSPS) is 10.8. The summed E-state index contributed by atoms with van der Waals surface area (Å²) in [6.07, 6.45) is 3.19. The number of aromatic nitrogens is 2. The fourth-order valence-electron chi connectivity index (χ4n) is 1.92. The van der Waals surface area contributed by atoms with Gasteiger partial charge in [0.1, 0.15) is 5.82 Å². The standard InChI is InChI=1S/C15H20IN3S/c1-4-6-11-13(16)15(17-9-5-2)19-14(18-11)12-8-7-10(3)20-12/h7-8H,4-6,9H2,1-3H3,(H,17,18,19). The van der Waals surface area contributed by atoms with Crippen molar-refractivity contribution in [2.45, 2.75) is 40.0 Å². The molecule has 0 aliphatic carbocycles. The van der Waals surface area contributed by atoms with E-state index in [1.54, 1.807) is 11.3 Å². The number of aryl methyl sites for hydroxylation is 2. The topological polar surface area (TPSA) is 37.8 Å². The van der Waals surface area contributed by atoms with Crippen molar-refractivity contribution in [2.24, 2.45) is 0 Å². The highest BCUT2D eigenvalue weighted by molar-refractivity contribution is 14.1. The third-order valence-electron chi connectivity index (χ3n) is 2.91. The number of anilines is 1. The van der Waals surface area contributed by atoms with Crippen molar-refractivity contribution in [3.05, 3.63) is 26.3 Å². The first-order chi connectivity index (χ1) is 9.65. The van der Waals surface area contributed by atoms with Gasteiger partial charge in [0.15, 0.2) is 5.82 Å². The first-order valence-electron chi connectivity index (χ1n) is 7.02. The van der Waals surface area contributed by atoms with Crippen LogP contribution in [0.15, 0.2) is 12.1 Å². The molecule has 2 heterocycles. The summed E-state index contributed by atoms with van der Waals surface area (Å²) in [5.41, 5.74) is 1.16. The highest BCUT2D eigenvalue weighted by Gasteiger charge is 2.13. The molecule has 0 saturated carbocycles. The van der Waals surface area contributed by atoms with Crippen LogP contribution < -0.4 is 5.32 Å². The van der Waals surface area contributed by atoms with Crippen LogP contribution in [-0.2, 0) is 6.42 Å². The van der Waals surface area contributed by atoms with Gasteiger partial charge in [0, 0.05) is 11.4 Å². The summed E-state index contributed by atoms with van der Waals surface area (Å²) in [5.74, 6) is 1.83. The fraction of sp³-hybridized carbons (Fsp3) is 0.467. The molecular weight excluding hydrogens is 381 g/mol. The Morgan fingerprint density at radius 3 is 2.60 bits per heavy atom. The van der Waals surface area contributed by atoms with Crippen LogP contribution in [0.1, 0.15) is 37.3 Å². The Kier molecular flexibility index (Phi) is 5.77. The van der Waals surface area contributed by atoms with E-state index in [-0.39, 0.29) is 0 Å². The minimum atomic E-state index is 0.852. The molecule has 1 N–H and O–H groups in total. The van der Waals surface area contributed by atoms with Crippen LogP contribution in [0, 0.1) is 10.5 Å². The van der Waals surface area contributed by atoms with E-state index < -0.39 is 0 Å². The molecular formula is C15H20IN3S. The zero-order valence-corrected chi connectivity index (χ0v) is 15.1. The van der Waals surface area contributed by atoms with Crippen LogP contribution in [0.25, 0.3) is 10.7 Å². The minimum Gasteiger partial charge on any atom is -0.369 e. The number of nitrogens with zero attached hydrogens (tertiary/aromatic N) is 2. The molecule has 5 heteroatoms. The van der Waals surface area contributed by atoms with Gasteiger partial charge in [-0.05, 0) is 54.5 Å². The number of hydrogen-bond acceptors (Lipinski definition) is 4. The van der Waals surface area contributed by atoms with E-state index in [0.717, 1.165) is 51.6 Å². The number of rotatable bonds is 6. The summed E-state index contributed by atoms with van der Waals surface area (Å²) < 4.78 is 1.16. The summed E-state index contributed by atoms with van der Waals surface area (Å²) in [4.78, 5) is 11.9. The molecule has 108 valence electrons. The Hall–Kier alpha value is -0.690. The Morgan fingerprint density at radius 1 is 1.20 bits per heavy atom. The van der Waals surface area contributed by atoms with E-state index in [2.05, 4.69) is 60.8 Å². The van der Waals surface area contributed by atoms with Gasteiger partial charge in [-0.15, -0.1) is 11.3 Å². The Bertz CT molecular complexity index is 580. The molecule has 2 rings (SSSR count). The van der Waals surface area contributed by atoms with Crippen LogP contribution in [0.3, 0.4) is 0 Å². The second kappa shape index (κ2) is 7.36. The SMILES string of the molecule is CCCNc1nc(-c2ccc(C)s2)nc(CCC)c1I. The van der Waals surface area contributed by atoms with Crippen LogP contribution in [0.2, 0.25) is 0 Å². The average Bonchev–Trinajstić information content (AvgIpc) is 2.86. The minimum absolute atomic E-state index is 0.852. The molecule has 0 spiro atoms. The molecule has 0 amide bonds. The Morgan fingerprint density at radius 2 is 2.00 bits per heavy atom. The molecule has 2 aromatic heterocycles. The number of nitrogens with one attached hydrogen (secondary N) is 1. The van der Waals surface area contributed by atoms with Crippen molar-refractivity contribution in [3.8, 4) is 10.7 Å². The lowest BCUT2D eigenvalue weighted by molar-refractivity contribution is 0.864. The lowest BCUT2D eigenvalue weighted by Crippen LogP contribution is -2.09. The Balaban J connectivity index is 2.43. The second-order valence-corrected chi connectivity index (χ2v) is 7.11. The van der Waals surface area contributed by atoms with Gasteiger partial charge in [0.25, 0.3) is 0 Å². The molecule has 0 aliphatic rings. The first kappa shape index (κ1) is 15.7. The molecule has 0 aliphatic heterocycles. The molecule has 0 fully saturated rings. The van der Waals surface area contributed by atoms with Crippen molar-refractivity contribution in [2.75, 3.05) is 11.9 Å². The molecule has 0 saturated heterocycles. The van der Waals surface area contributed by atoms with Crippen molar-refractivity contribution in [3.63, 3.8) is 0 Å². The lowest BCUT2D eigenvalue weighted by atomic mass is 10.2. The molecule has 0 bridgehead atoms. The van der Waals surface area contributed by atoms with Gasteiger partial charge in [-0.25, -0.2) is 9.97 Å². The monoisotopic (exact) mass is 401 g/mol. The molecule has 20 heavy (non-hydrogen) atoms. The second-order valence-electron chi connectivity index (χ2n) is 4.74. The smallest absolute Gasteiger partial charge is 0.171 e. The van der Waals surface area contributed by atoms with Crippen LogP contribution in [-0.4, -0.2) is 16.5 Å². The summed E-state index contributed by atoms with van der Waals surface area (Å²) in [7, 11) is 0. The average molecular weight is 401 g/mol. The molecule has 0 radical (unpaired) electrons. The molecule has 3 nitrogen and oxygen atoms in total. The first-order valence-corrected chi connectivity index (χ1v) is 8.92. The highest BCUT2D eigenvalue weighted by Crippen LogP contribution is 2.29. The van der Waals surface area contributed by atoms with E-state index >= 15 is 0 Å². The summed E-state index contributed by atoms with van der Waals surface area (Å²) in [6, 6.07) is 4.24. The molecule has 0 unspecified atom stereocenters. The van der Waals surface area contributed by atoms with E-state index in [1.807, 2.05) is 0 Å². The van der Waals surface area contributed by atoms with E-state index in [0.29, 0.717) is 0 Å². The number of hydrogen-bond donors (Lipinski definition) is 1. The van der Waals surface area contributed by atoms with Gasteiger partial charge >= 0.3 is 0 Å². The molecule has 2 aromatic rings. The van der Waals surface area contributed by atoms with Gasteiger partial charge in [-0.1, -0.05) is 20.3 Å². The maximum atomic E-state index is 4.77. The Labute approximate surface area is 138 Å². The van der Waals surface area contributed by atoms with Crippen molar-refractivity contribution < 1.29 is 0 Å². The number of thiophene rings is 1. The van der Waals surface area contributed by atoms with Crippen molar-refractivity contribution in [1.29, 1.82) is 0 Å². The van der Waals surface area contributed by atoms with E-state index in [1.165, 1.54) is 4.88 Å². The number of halogens is 1. The highest BCUT2D eigenvalue weighted by atomic mass is 127. The van der Waals surface area contributed by atoms with Crippen LogP contribution >= 0.6 is 33.9 Å². The lowest BCUT2D eigenvalue weighted by Gasteiger charge is -2.11. The third-order valence-corrected chi connectivity index (χ3v) is 5.04. The summed E-state index contributed by atoms with van der Waals surface area (Å²) in [5, 5.41) is 3.42. The van der Waals surface area contributed by atoms with Crippen molar-refractivity contribution >= 4 is 39.7 Å². The van der Waals surface area contributed by atoms with Crippen LogP contribution in [0.5, 0.6) is 0 Å². The van der Waals surface area contributed by atoms with E-state index in [4.69, 9.17) is 9.97 Å². The predicted octanol–water partition coefficient (Wildman–Crippen LogP) is 4.89. The quantitative estimate of drug-likeness (QED) is 0.701. The summed E-state index contributed by atoms with van der Waals surface area (Å²) >= 11 is 4.11. The molecule has 0 aromatic carbocycles. The van der Waals surface area contributed by atoms with Gasteiger partial charge in [-0.2, -0.15) is 0 Å². The maximum Gasteiger partial charge on any atom is 0.171 e. The van der Waals surface area contributed by atoms with Gasteiger partial charge in [-0.3, -0.25) is 0 Å².